The number of morpholine rings is 1. The van der Waals surface area contributed by atoms with Crippen LogP contribution in [0.3, 0.4) is 0 Å². The zero-order valence-corrected chi connectivity index (χ0v) is 18.5. The molecule has 0 saturated carbocycles. The van der Waals surface area contributed by atoms with Gasteiger partial charge in [0.2, 0.25) is 15.2 Å². The lowest BCUT2D eigenvalue weighted by Gasteiger charge is -2.26. The highest BCUT2D eigenvalue weighted by atomic mass is 32.2. The van der Waals surface area contributed by atoms with Gasteiger partial charge in [-0.3, -0.25) is 10.1 Å². The molecule has 1 N–H and O–H groups in total. The third kappa shape index (κ3) is 5.21. The molecule has 8 nitrogen and oxygen atoms in total. The fraction of sp³-hybridized carbons (Fsp3) is 0.250. The fourth-order valence-electron chi connectivity index (χ4n) is 3.11. The van der Waals surface area contributed by atoms with Crippen LogP contribution >= 0.6 is 11.5 Å². The molecular formula is C20H17F3N4O4S2. The quantitative estimate of drug-likeness (QED) is 0.578. The lowest BCUT2D eigenvalue weighted by molar-refractivity contribution is -0.137. The monoisotopic (exact) mass is 498 g/mol. The molecule has 4 rings (SSSR count). The highest BCUT2D eigenvalue weighted by Crippen LogP contribution is 2.32. The number of nitrogens with one attached hydrogen (secondary N) is 1. The number of alkyl halides is 3. The minimum atomic E-state index is -4.50. The van der Waals surface area contributed by atoms with E-state index in [0.29, 0.717) is 13.2 Å². The van der Waals surface area contributed by atoms with E-state index < -0.39 is 27.7 Å². The van der Waals surface area contributed by atoms with E-state index in [2.05, 4.69) is 14.7 Å². The number of benzene rings is 2. The summed E-state index contributed by atoms with van der Waals surface area (Å²) in [7, 11) is -3.68. The van der Waals surface area contributed by atoms with E-state index in [4.69, 9.17) is 4.74 Å². The van der Waals surface area contributed by atoms with Crippen molar-refractivity contribution in [1.82, 2.24) is 13.7 Å². The van der Waals surface area contributed by atoms with Gasteiger partial charge < -0.3 is 4.74 Å². The number of ether oxygens (including phenoxy) is 1. The Kier molecular flexibility index (Phi) is 6.47. The summed E-state index contributed by atoms with van der Waals surface area (Å²) in [6, 6.07) is 10.00. The van der Waals surface area contributed by atoms with Crippen LogP contribution in [0.5, 0.6) is 0 Å². The lowest BCUT2D eigenvalue weighted by Crippen LogP contribution is -2.40. The molecule has 3 aromatic rings. The summed E-state index contributed by atoms with van der Waals surface area (Å²) in [6.07, 6.45) is -4.50. The molecule has 1 fully saturated rings. The summed E-state index contributed by atoms with van der Waals surface area (Å²) in [5.74, 6) is -0.509. The highest BCUT2D eigenvalue weighted by Gasteiger charge is 2.31. The van der Waals surface area contributed by atoms with Crippen molar-refractivity contribution in [3.05, 3.63) is 59.7 Å². The van der Waals surface area contributed by atoms with E-state index in [9.17, 15) is 26.4 Å². The van der Waals surface area contributed by atoms with Crippen LogP contribution < -0.4 is 5.32 Å². The van der Waals surface area contributed by atoms with Crippen LogP contribution in [0.25, 0.3) is 11.4 Å². The van der Waals surface area contributed by atoms with Crippen molar-refractivity contribution in [2.45, 2.75) is 11.1 Å². The van der Waals surface area contributed by atoms with Gasteiger partial charge in [-0.25, -0.2) is 8.42 Å². The van der Waals surface area contributed by atoms with Gasteiger partial charge in [-0.1, -0.05) is 12.1 Å². The zero-order chi connectivity index (χ0) is 23.6. The summed E-state index contributed by atoms with van der Waals surface area (Å²) < 4.78 is 74.6. The van der Waals surface area contributed by atoms with Crippen LogP contribution in [0.15, 0.2) is 53.4 Å². The molecule has 1 saturated heterocycles. The Hall–Kier alpha value is -2.87. The second-order valence-corrected chi connectivity index (χ2v) is 9.69. The maximum absolute atomic E-state index is 12.9. The van der Waals surface area contributed by atoms with Gasteiger partial charge >= 0.3 is 6.18 Å². The van der Waals surface area contributed by atoms with Crippen molar-refractivity contribution in [2.24, 2.45) is 0 Å². The Balaban J connectivity index is 1.46. The number of nitrogens with zero attached hydrogens (tertiary/aromatic N) is 3. The van der Waals surface area contributed by atoms with Crippen molar-refractivity contribution in [2.75, 3.05) is 31.6 Å². The van der Waals surface area contributed by atoms with Gasteiger partial charge in [0.15, 0.2) is 5.82 Å². The van der Waals surface area contributed by atoms with Crippen molar-refractivity contribution >= 4 is 32.6 Å². The van der Waals surface area contributed by atoms with Crippen LogP contribution in [-0.2, 0) is 20.9 Å². The molecule has 2 aromatic carbocycles. The number of sulfonamides is 1. The van der Waals surface area contributed by atoms with Crippen molar-refractivity contribution in [3.63, 3.8) is 0 Å². The Morgan fingerprint density at radius 2 is 1.79 bits per heavy atom. The van der Waals surface area contributed by atoms with Gasteiger partial charge in [0.25, 0.3) is 5.91 Å². The second kappa shape index (κ2) is 9.17. The Labute approximate surface area is 191 Å². The van der Waals surface area contributed by atoms with Gasteiger partial charge in [-0.2, -0.15) is 26.8 Å². The van der Waals surface area contributed by atoms with Gasteiger partial charge in [-0.15, -0.1) is 0 Å². The first-order valence-corrected chi connectivity index (χ1v) is 11.9. The molecule has 0 aliphatic carbocycles. The number of hydrogen-bond donors (Lipinski definition) is 1. The summed E-state index contributed by atoms with van der Waals surface area (Å²) in [4.78, 5) is 16.7. The Morgan fingerprint density at radius 1 is 1.09 bits per heavy atom. The maximum atomic E-state index is 12.9. The number of rotatable bonds is 5. The summed E-state index contributed by atoms with van der Waals surface area (Å²) >= 11 is 0.818. The fourth-order valence-corrected chi connectivity index (χ4v) is 5.10. The number of aromatic nitrogens is 2. The predicted octanol–water partition coefficient (Wildman–Crippen LogP) is 3.50. The largest absolute Gasteiger partial charge is 0.416 e. The van der Waals surface area contributed by atoms with Crippen molar-refractivity contribution in [1.29, 1.82) is 0 Å². The van der Waals surface area contributed by atoms with Crippen molar-refractivity contribution < 1.29 is 31.1 Å². The summed E-state index contributed by atoms with van der Waals surface area (Å²) in [5, 5.41) is 2.62. The molecule has 2 heterocycles. The molecule has 0 bridgehead atoms. The van der Waals surface area contributed by atoms with Gasteiger partial charge in [0, 0.05) is 35.7 Å². The van der Waals surface area contributed by atoms with E-state index in [-0.39, 0.29) is 40.1 Å². The van der Waals surface area contributed by atoms with Gasteiger partial charge in [0.1, 0.15) is 0 Å². The first-order valence-electron chi connectivity index (χ1n) is 9.65. The number of carbonyl (C=O) groups excluding carboxylic acids is 1. The van der Waals surface area contributed by atoms with Crippen LogP contribution in [0, 0.1) is 0 Å². The molecule has 0 radical (unpaired) electrons. The molecule has 1 aromatic heterocycles. The van der Waals surface area contributed by atoms with E-state index in [1.54, 1.807) is 0 Å². The molecule has 1 aliphatic heterocycles. The molecule has 0 spiro atoms. The Bertz CT molecular complexity index is 1250. The number of halogens is 3. The number of anilines is 1. The van der Waals surface area contributed by atoms with E-state index in [1.165, 1.54) is 40.7 Å². The normalized spacial score (nSPS) is 15.4. The average molecular weight is 499 g/mol. The minimum absolute atomic E-state index is 0.0494. The second-order valence-electron chi connectivity index (χ2n) is 7.00. The smallest absolute Gasteiger partial charge is 0.379 e. The van der Waals surface area contributed by atoms with E-state index in [1.807, 2.05) is 0 Å². The minimum Gasteiger partial charge on any atom is -0.379 e. The van der Waals surface area contributed by atoms with Crippen LogP contribution in [0.2, 0.25) is 0 Å². The number of hydrogen-bond acceptors (Lipinski definition) is 7. The molecule has 0 unspecified atom stereocenters. The molecule has 33 heavy (non-hydrogen) atoms. The Morgan fingerprint density at radius 3 is 2.45 bits per heavy atom. The molecule has 1 amide bonds. The number of carbonyl (C=O) groups is 1. The highest BCUT2D eigenvalue weighted by molar-refractivity contribution is 7.89. The molecule has 1 aliphatic rings. The summed E-state index contributed by atoms with van der Waals surface area (Å²) in [5.41, 5.74) is -0.474. The molecule has 13 heteroatoms. The molecule has 174 valence electrons. The molecule has 0 atom stereocenters. The lowest BCUT2D eigenvalue weighted by atomic mass is 10.1. The van der Waals surface area contributed by atoms with Gasteiger partial charge in [-0.05, 0) is 36.4 Å². The van der Waals surface area contributed by atoms with E-state index in [0.717, 1.165) is 23.7 Å². The third-order valence-electron chi connectivity index (χ3n) is 4.82. The first-order chi connectivity index (χ1) is 15.6. The maximum Gasteiger partial charge on any atom is 0.416 e. The van der Waals surface area contributed by atoms with E-state index >= 15 is 0 Å². The molecular weight excluding hydrogens is 481 g/mol. The van der Waals surface area contributed by atoms with Crippen LogP contribution in [0.1, 0.15) is 15.9 Å². The number of amides is 1. The van der Waals surface area contributed by atoms with Crippen LogP contribution in [0.4, 0.5) is 18.3 Å². The SMILES string of the molecule is O=C(Nc1nc(-c2cccc(C(F)(F)F)c2)ns1)c1ccc(S(=O)(=O)N2CCOCC2)cc1. The third-order valence-corrected chi connectivity index (χ3v) is 7.36. The van der Waals surface area contributed by atoms with Crippen molar-refractivity contribution in [3.8, 4) is 11.4 Å². The topological polar surface area (TPSA) is 101 Å². The van der Waals surface area contributed by atoms with Gasteiger partial charge in [0.05, 0.1) is 23.7 Å². The standard InChI is InChI=1S/C20H17F3N4O4S2/c21-20(22,23)15-3-1-2-14(12-15)17-24-19(32-26-17)25-18(28)13-4-6-16(7-5-13)33(29,30)27-8-10-31-11-9-27/h1-7,12H,8-11H2,(H,24,25,26,28). The van der Waals surface area contributed by atoms with Crippen LogP contribution in [-0.4, -0.2) is 54.3 Å². The average Bonchev–Trinajstić information content (AvgIpc) is 3.28. The first kappa shape index (κ1) is 23.3. The zero-order valence-electron chi connectivity index (χ0n) is 16.9. The summed E-state index contributed by atoms with van der Waals surface area (Å²) in [6.45, 7) is 1.17. The predicted molar refractivity (Wildman–Crippen MR) is 114 cm³/mol.